The van der Waals surface area contributed by atoms with Crippen molar-refractivity contribution in [2.75, 3.05) is 13.7 Å². The van der Waals surface area contributed by atoms with Gasteiger partial charge in [0.05, 0.1) is 23.2 Å². The van der Waals surface area contributed by atoms with Gasteiger partial charge in [0.1, 0.15) is 5.82 Å². The molecule has 0 atom stereocenters. The lowest BCUT2D eigenvalue weighted by Gasteiger charge is -2.06. The molecule has 0 saturated carbocycles. The summed E-state index contributed by atoms with van der Waals surface area (Å²) in [4.78, 5) is 17.3. The number of amides is 1. The average Bonchev–Trinajstić information content (AvgIpc) is 3.03. The monoisotopic (exact) mass is 412 g/mol. The van der Waals surface area contributed by atoms with Crippen LogP contribution in [0.4, 0.5) is 8.78 Å². The summed E-state index contributed by atoms with van der Waals surface area (Å²) >= 11 is 1.09. The van der Waals surface area contributed by atoms with Crippen molar-refractivity contribution >= 4 is 38.2 Å². The third kappa shape index (κ3) is 3.97. The Bertz CT molecular complexity index is 1270. The van der Waals surface area contributed by atoms with Crippen molar-refractivity contribution < 1.29 is 18.3 Å². The van der Waals surface area contributed by atoms with Gasteiger partial charge in [0, 0.05) is 19.7 Å². The van der Waals surface area contributed by atoms with Gasteiger partial charge in [0.25, 0.3) is 5.91 Å². The predicted molar refractivity (Wildman–Crippen MR) is 110 cm³/mol. The van der Waals surface area contributed by atoms with Crippen molar-refractivity contribution in [3.63, 3.8) is 0 Å². The molecule has 0 spiro atoms. The molecule has 0 unspecified atom stereocenters. The van der Waals surface area contributed by atoms with Crippen LogP contribution >= 0.6 is 11.3 Å². The zero-order valence-electron chi connectivity index (χ0n) is 15.7. The molecule has 0 N–H and O–H groups in total. The smallest absolute Gasteiger partial charge is 0.252 e. The Kier molecular flexibility index (Phi) is 5.51. The SMILES string of the molecule is COCCn1c(=NC(=O)Cc2cccc3ccccc23)sc2cc(F)cc(F)c21. The second kappa shape index (κ2) is 8.23. The Hall–Kier alpha value is -2.90. The van der Waals surface area contributed by atoms with Crippen LogP contribution in [0, 0.1) is 11.6 Å². The molecular weight excluding hydrogens is 394 g/mol. The molecule has 0 fully saturated rings. The summed E-state index contributed by atoms with van der Waals surface area (Å²) in [5, 5.41) is 2.04. The van der Waals surface area contributed by atoms with E-state index in [4.69, 9.17) is 4.74 Å². The van der Waals surface area contributed by atoms with Crippen molar-refractivity contribution in [2.45, 2.75) is 13.0 Å². The number of hydrogen-bond acceptors (Lipinski definition) is 3. The van der Waals surface area contributed by atoms with Crippen molar-refractivity contribution in [2.24, 2.45) is 4.99 Å². The van der Waals surface area contributed by atoms with E-state index >= 15 is 0 Å². The molecule has 4 nitrogen and oxygen atoms in total. The van der Waals surface area contributed by atoms with E-state index in [0.29, 0.717) is 22.7 Å². The van der Waals surface area contributed by atoms with E-state index in [9.17, 15) is 13.6 Å². The van der Waals surface area contributed by atoms with Gasteiger partial charge in [-0.1, -0.05) is 53.8 Å². The van der Waals surface area contributed by atoms with Gasteiger partial charge in [-0.25, -0.2) is 8.78 Å². The van der Waals surface area contributed by atoms with Crippen LogP contribution in [0.1, 0.15) is 5.56 Å². The highest BCUT2D eigenvalue weighted by Crippen LogP contribution is 2.23. The second-order valence-electron chi connectivity index (χ2n) is 6.58. The van der Waals surface area contributed by atoms with Crippen LogP contribution in [0.15, 0.2) is 59.6 Å². The quantitative estimate of drug-likeness (QED) is 0.486. The molecule has 0 aliphatic heterocycles. The highest BCUT2D eigenvalue weighted by atomic mass is 32.1. The molecule has 0 aliphatic carbocycles. The van der Waals surface area contributed by atoms with E-state index in [1.807, 2.05) is 42.5 Å². The van der Waals surface area contributed by atoms with Crippen molar-refractivity contribution in [3.8, 4) is 0 Å². The minimum Gasteiger partial charge on any atom is -0.383 e. The highest BCUT2D eigenvalue weighted by molar-refractivity contribution is 7.16. The average molecular weight is 412 g/mol. The number of carbonyl (C=O) groups excluding carboxylic acids is 1. The maximum absolute atomic E-state index is 14.4. The molecule has 1 heterocycles. The number of aromatic nitrogens is 1. The Morgan fingerprint density at radius 3 is 2.76 bits per heavy atom. The highest BCUT2D eigenvalue weighted by Gasteiger charge is 2.14. The number of benzene rings is 3. The van der Waals surface area contributed by atoms with Crippen LogP contribution in [0.3, 0.4) is 0 Å². The largest absolute Gasteiger partial charge is 0.383 e. The Balaban J connectivity index is 1.76. The molecular formula is C22H18F2N2O2S. The summed E-state index contributed by atoms with van der Waals surface area (Å²) in [5.41, 5.74) is 1.10. The zero-order chi connectivity index (χ0) is 20.4. The first-order valence-electron chi connectivity index (χ1n) is 9.08. The first-order chi connectivity index (χ1) is 14.1. The Labute approximate surface area is 169 Å². The second-order valence-corrected chi connectivity index (χ2v) is 7.59. The summed E-state index contributed by atoms with van der Waals surface area (Å²) in [6, 6.07) is 15.7. The minimum absolute atomic E-state index is 0.122. The molecule has 4 aromatic rings. The van der Waals surface area contributed by atoms with Crippen LogP contribution in [0.5, 0.6) is 0 Å². The van der Waals surface area contributed by atoms with Gasteiger partial charge in [-0.05, 0) is 22.4 Å². The normalized spacial score (nSPS) is 12.2. The number of nitrogens with zero attached hydrogens (tertiary/aromatic N) is 2. The van der Waals surface area contributed by atoms with Crippen LogP contribution in [0.25, 0.3) is 21.0 Å². The van der Waals surface area contributed by atoms with Crippen molar-refractivity contribution in [1.29, 1.82) is 0 Å². The summed E-state index contributed by atoms with van der Waals surface area (Å²) in [7, 11) is 1.54. The number of fused-ring (bicyclic) bond motifs is 2. The maximum Gasteiger partial charge on any atom is 0.252 e. The zero-order valence-corrected chi connectivity index (χ0v) is 16.5. The fraction of sp³-hybridized carbons (Fsp3) is 0.182. The summed E-state index contributed by atoms with van der Waals surface area (Å²) in [6.45, 7) is 0.618. The van der Waals surface area contributed by atoms with E-state index in [1.54, 1.807) is 4.57 Å². The molecule has 1 aromatic heterocycles. The summed E-state index contributed by atoms with van der Waals surface area (Å²) < 4.78 is 35.1. The van der Waals surface area contributed by atoms with Gasteiger partial charge in [-0.15, -0.1) is 0 Å². The number of ether oxygens (including phenoxy) is 1. The third-order valence-electron chi connectivity index (χ3n) is 4.66. The van der Waals surface area contributed by atoms with E-state index in [-0.39, 0.29) is 17.8 Å². The fourth-order valence-electron chi connectivity index (χ4n) is 3.36. The molecule has 1 amide bonds. The lowest BCUT2D eigenvalue weighted by molar-refractivity contribution is -0.117. The number of halogens is 2. The van der Waals surface area contributed by atoms with Crippen LogP contribution in [-0.4, -0.2) is 24.2 Å². The summed E-state index contributed by atoms with van der Waals surface area (Å²) in [5.74, 6) is -1.70. The first kappa shape index (κ1) is 19.4. The van der Waals surface area contributed by atoms with E-state index in [1.165, 1.54) is 13.2 Å². The Morgan fingerprint density at radius 2 is 1.93 bits per heavy atom. The Morgan fingerprint density at radius 1 is 1.14 bits per heavy atom. The van der Waals surface area contributed by atoms with Gasteiger partial charge in [-0.3, -0.25) is 4.79 Å². The molecule has 0 saturated heterocycles. The first-order valence-corrected chi connectivity index (χ1v) is 9.90. The molecule has 29 heavy (non-hydrogen) atoms. The number of methoxy groups -OCH3 is 1. The minimum atomic E-state index is -0.685. The van der Waals surface area contributed by atoms with Gasteiger partial charge in [0.2, 0.25) is 0 Å². The van der Waals surface area contributed by atoms with Gasteiger partial charge in [0.15, 0.2) is 10.6 Å². The summed E-state index contributed by atoms with van der Waals surface area (Å²) in [6.07, 6.45) is 0.122. The van der Waals surface area contributed by atoms with Gasteiger partial charge >= 0.3 is 0 Å². The van der Waals surface area contributed by atoms with Crippen molar-refractivity contribution in [1.82, 2.24) is 4.57 Å². The van der Waals surface area contributed by atoms with Crippen LogP contribution in [0.2, 0.25) is 0 Å². The van der Waals surface area contributed by atoms with Crippen molar-refractivity contribution in [3.05, 3.63) is 76.6 Å². The maximum atomic E-state index is 14.4. The van der Waals surface area contributed by atoms with Gasteiger partial charge in [-0.2, -0.15) is 4.99 Å². The lowest BCUT2D eigenvalue weighted by atomic mass is 10.0. The van der Waals surface area contributed by atoms with Crippen LogP contribution in [-0.2, 0) is 22.5 Å². The molecule has 148 valence electrons. The molecule has 0 radical (unpaired) electrons. The standard InChI is InChI=1S/C22H18F2N2O2S/c1-28-10-9-26-21-18(24)12-16(23)13-19(21)29-22(26)25-20(27)11-15-7-4-6-14-5-2-3-8-17(14)15/h2-8,12-13H,9-11H2,1H3. The van der Waals surface area contributed by atoms with E-state index in [0.717, 1.165) is 33.7 Å². The number of thiazole rings is 1. The number of rotatable bonds is 5. The molecule has 4 rings (SSSR count). The number of hydrogen-bond donors (Lipinski definition) is 0. The molecule has 0 bridgehead atoms. The van der Waals surface area contributed by atoms with E-state index in [2.05, 4.69) is 4.99 Å². The number of carbonyl (C=O) groups is 1. The van der Waals surface area contributed by atoms with E-state index < -0.39 is 11.6 Å². The molecule has 3 aromatic carbocycles. The fourth-order valence-corrected chi connectivity index (χ4v) is 4.47. The topological polar surface area (TPSA) is 43.6 Å². The lowest BCUT2D eigenvalue weighted by Crippen LogP contribution is -2.20. The van der Waals surface area contributed by atoms with Crippen LogP contribution < -0.4 is 4.80 Å². The molecule has 7 heteroatoms. The molecule has 0 aliphatic rings. The predicted octanol–water partition coefficient (Wildman–Crippen LogP) is 4.45. The third-order valence-corrected chi connectivity index (χ3v) is 5.68. The van der Waals surface area contributed by atoms with Gasteiger partial charge < -0.3 is 9.30 Å².